The highest BCUT2D eigenvalue weighted by atomic mass is 16.6. The van der Waals surface area contributed by atoms with Crippen molar-refractivity contribution in [3.63, 3.8) is 0 Å². The summed E-state index contributed by atoms with van der Waals surface area (Å²) in [4.78, 5) is 2.24. The van der Waals surface area contributed by atoms with Crippen LogP contribution in [0.4, 0.5) is 0 Å². The average Bonchev–Trinajstić information content (AvgIpc) is 2.11. The minimum Gasteiger partial charge on any atom is -0.466 e. The summed E-state index contributed by atoms with van der Waals surface area (Å²) in [5, 5.41) is 0. The molecule has 2 heteroatoms. The molecule has 2 bridgehead atoms. The highest BCUT2D eigenvalue weighted by Crippen LogP contribution is 2.48. The molecule has 4 aliphatic rings. The molecule has 46 valence electrons. The van der Waals surface area contributed by atoms with Gasteiger partial charge in [-0.3, -0.25) is 0 Å². The first kappa shape index (κ1) is 3.99. The third-order valence-corrected chi connectivity index (χ3v) is 2.20. The smallest absolute Gasteiger partial charge is 0.209 e. The predicted molar refractivity (Wildman–Crippen MR) is 32.4 cm³/mol. The Hall–Kier alpha value is -0.920. The van der Waals surface area contributed by atoms with Crippen LogP contribution in [0.5, 0.6) is 0 Å². The fourth-order valence-electron chi connectivity index (χ4n) is 1.73. The molecule has 0 N–H and O–H groups in total. The maximum atomic E-state index is 5.46. The van der Waals surface area contributed by atoms with Gasteiger partial charge in [-0.1, -0.05) is 6.08 Å². The first-order valence-corrected chi connectivity index (χ1v) is 3.23. The summed E-state index contributed by atoms with van der Waals surface area (Å²) in [6.07, 6.45) is 7.52. The summed E-state index contributed by atoms with van der Waals surface area (Å²) >= 11 is 0. The lowest BCUT2D eigenvalue weighted by molar-refractivity contribution is -0.0886. The molecule has 4 heterocycles. The summed E-state index contributed by atoms with van der Waals surface area (Å²) in [6.45, 7) is 1.03. The minimum absolute atomic E-state index is 0.00926. The Labute approximate surface area is 53.4 Å². The number of ether oxygens (including phenoxy) is 1. The largest absolute Gasteiger partial charge is 0.466 e. The number of nitrogens with zero attached hydrogens (tertiary/aromatic N) is 1. The fraction of sp³-hybridized carbons (Fsp3) is 0.429. The Morgan fingerprint density at radius 1 is 1.67 bits per heavy atom. The Balaban J connectivity index is 2.15. The lowest BCUT2D eigenvalue weighted by Crippen LogP contribution is -2.43. The first-order chi connectivity index (χ1) is 4.39. The zero-order valence-corrected chi connectivity index (χ0v) is 5.00. The Morgan fingerprint density at radius 3 is 3.33 bits per heavy atom. The highest BCUT2D eigenvalue weighted by molar-refractivity contribution is 5.31. The van der Waals surface area contributed by atoms with E-state index >= 15 is 0 Å². The maximum Gasteiger partial charge on any atom is 0.209 e. The third kappa shape index (κ3) is 0.269. The molecular formula is C7H7NO. The molecule has 9 heavy (non-hydrogen) atoms. The van der Waals surface area contributed by atoms with Crippen molar-refractivity contribution in [2.75, 3.05) is 6.54 Å². The van der Waals surface area contributed by atoms with Gasteiger partial charge < -0.3 is 9.64 Å². The summed E-state index contributed by atoms with van der Waals surface area (Å²) < 4.78 is 5.46. The van der Waals surface area contributed by atoms with Crippen LogP contribution in [0.1, 0.15) is 6.42 Å². The molecule has 0 aromatic rings. The lowest BCUT2D eigenvalue weighted by Gasteiger charge is -2.36. The van der Waals surface area contributed by atoms with Gasteiger partial charge in [-0.15, -0.1) is 0 Å². The Kier molecular flexibility index (Phi) is 0.397. The second-order valence-corrected chi connectivity index (χ2v) is 2.77. The monoisotopic (exact) mass is 121 g/mol. The van der Waals surface area contributed by atoms with Gasteiger partial charge in [0, 0.05) is 12.7 Å². The molecule has 0 unspecified atom stereocenters. The van der Waals surface area contributed by atoms with Crippen LogP contribution in [-0.2, 0) is 4.74 Å². The molecule has 1 saturated heterocycles. The predicted octanol–water partition coefficient (Wildman–Crippen LogP) is 0.830. The van der Waals surface area contributed by atoms with Crippen LogP contribution >= 0.6 is 0 Å². The van der Waals surface area contributed by atoms with Gasteiger partial charge >= 0.3 is 0 Å². The molecule has 1 spiro atoms. The molecule has 0 amide bonds. The molecule has 0 aliphatic carbocycles. The van der Waals surface area contributed by atoms with Crippen LogP contribution in [0, 0.1) is 0 Å². The zero-order chi connectivity index (χ0) is 5.90. The number of hydrogen-bond acceptors (Lipinski definition) is 2. The molecule has 0 aromatic heterocycles. The summed E-state index contributed by atoms with van der Waals surface area (Å²) in [6, 6.07) is 0. The number of rotatable bonds is 0. The molecule has 0 radical (unpaired) electrons. The summed E-state index contributed by atoms with van der Waals surface area (Å²) in [7, 11) is 0. The Bertz CT molecular complexity index is 221. The van der Waals surface area contributed by atoms with E-state index in [2.05, 4.69) is 23.3 Å². The molecule has 2 nitrogen and oxygen atoms in total. The van der Waals surface area contributed by atoms with Crippen LogP contribution in [0.3, 0.4) is 0 Å². The van der Waals surface area contributed by atoms with Crippen molar-refractivity contribution in [3.05, 3.63) is 24.1 Å². The van der Waals surface area contributed by atoms with Gasteiger partial charge in [0.1, 0.15) is 5.76 Å². The molecule has 0 saturated carbocycles. The van der Waals surface area contributed by atoms with Crippen molar-refractivity contribution in [2.45, 2.75) is 12.1 Å². The van der Waals surface area contributed by atoms with Crippen LogP contribution < -0.4 is 0 Å². The van der Waals surface area contributed by atoms with Crippen LogP contribution in [0.25, 0.3) is 0 Å². The van der Waals surface area contributed by atoms with E-state index in [-0.39, 0.29) is 5.72 Å². The van der Waals surface area contributed by atoms with Gasteiger partial charge in [0.2, 0.25) is 5.72 Å². The van der Waals surface area contributed by atoms with Crippen molar-refractivity contribution < 1.29 is 4.74 Å². The minimum atomic E-state index is 0.00926. The van der Waals surface area contributed by atoms with Crippen LogP contribution in [0.2, 0.25) is 0 Å². The normalized spacial score (nSPS) is 41.8. The van der Waals surface area contributed by atoms with Gasteiger partial charge in [-0.05, 0) is 6.08 Å². The molecule has 4 aliphatic heterocycles. The summed E-state index contributed by atoms with van der Waals surface area (Å²) in [5.41, 5.74) is 0.00926. The lowest BCUT2D eigenvalue weighted by atomic mass is 10.1. The highest BCUT2D eigenvalue weighted by Gasteiger charge is 2.53. The van der Waals surface area contributed by atoms with Crippen molar-refractivity contribution in [1.82, 2.24) is 4.90 Å². The van der Waals surface area contributed by atoms with Crippen molar-refractivity contribution in [1.29, 1.82) is 0 Å². The first-order valence-electron chi connectivity index (χ1n) is 3.23. The van der Waals surface area contributed by atoms with E-state index in [1.807, 2.05) is 0 Å². The van der Waals surface area contributed by atoms with E-state index in [4.69, 9.17) is 4.74 Å². The van der Waals surface area contributed by atoms with Gasteiger partial charge in [0.05, 0.1) is 6.42 Å². The maximum absolute atomic E-state index is 5.46. The number of hydrogen-bond donors (Lipinski definition) is 0. The second-order valence-electron chi connectivity index (χ2n) is 2.77. The van der Waals surface area contributed by atoms with Gasteiger partial charge in [-0.2, -0.15) is 0 Å². The van der Waals surface area contributed by atoms with Crippen LogP contribution in [-0.4, -0.2) is 17.2 Å². The van der Waals surface area contributed by atoms with Crippen molar-refractivity contribution >= 4 is 0 Å². The summed E-state index contributed by atoms with van der Waals surface area (Å²) in [5.74, 6) is 1.15. The molecule has 0 aromatic carbocycles. The van der Waals surface area contributed by atoms with E-state index in [1.54, 1.807) is 0 Å². The SMILES string of the molecule is C1=C[C@@]23CC(=CN2C1)O3. The molecular weight excluding hydrogens is 114 g/mol. The Morgan fingerprint density at radius 2 is 2.56 bits per heavy atom. The second kappa shape index (κ2) is 0.897. The molecule has 1 atom stereocenters. The van der Waals surface area contributed by atoms with Crippen LogP contribution in [0.15, 0.2) is 24.1 Å². The topological polar surface area (TPSA) is 12.5 Å². The van der Waals surface area contributed by atoms with E-state index < -0.39 is 0 Å². The average molecular weight is 121 g/mol. The van der Waals surface area contributed by atoms with E-state index in [0.29, 0.717) is 0 Å². The fourth-order valence-corrected chi connectivity index (χ4v) is 1.73. The van der Waals surface area contributed by atoms with Crippen molar-refractivity contribution in [2.24, 2.45) is 0 Å². The van der Waals surface area contributed by atoms with Gasteiger partial charge in [0.15, 0.2) is 0 Å². The van der Waals surface area contributed by atoms with Gasteiger partial charge in [-0.25, -0.2) is 0 Å². The molecule has 1 fully saturated rings. The standard InChI is InChI=1S/C7H7NO/c1-2-7-4-6(9-7)5-8(7)3-1/h1-2,5H,3-4H2/t7-/m1/s1. The van der Waals surface area contributed by atoms with Crippen molar-refractivity contribution in [3.8, 4) is 0 Å². The van der Waals surface area contributed by atoms with E-state index in [0.717, 1.165) is 18.7 Å². The third-order valence-electron chi connectivity index (χ3n) is 2.20. The molecule has 4 rings (SSSR count). The van der Waals surface area contributed by atoms with E-state index in [9.17, 15) is 0 Å². The zero-order valence-electron chi connectivity index (χ0n) is 5.00. The quantitative estimate of drug-likeness (QED) is 0.440. The van der Waals surface area contributed by atoms with Gasteiger partial charge in [0.25, 0.3) is 0 Å². The van der Waals surface area contributed by atoms with E-state index in [1.165, 1.54) is 0 Å².